The van der Waals surface area contributed by atoms with Crippen molar-refractivity contribution >= 4 is 23.2 Å². The number of nitrogens with zero attached hydrogens (tertiary/aromatic N) is 2. The Labute approximate surface area is 163 Å². The summed E-state index contributed by atoms with van der Waals surface area (Å²) in [7, 11) is 0. The number of benzene rings is 2. The van der Waals surface area contributed by atoms with Crippen molar-refractivity contribution in [1.82, 2.24) is 4.90 Å². The minimum absolute atomic E-state index is 0.0223. The second-order valence-electron chi connectivity index (χ2n) is 6.95. The fourth-order valence-electron chi connectivity index (χ4n) is 3.03. The quantitative estimate of drug-likeness (QED) is 0.722. The van der Waals surface area contributed by atoms with Gasteiger partial charge in [0.05, 0.1) is 12.3 Å². The summed E-state index contributed by atoms with van der Waals surface area (Å²) in [6, 6.07) is 13.7. The van der Waals surface area contributed by atoms with Crippen LogP contribution in [0.15, 0.2) is 53.7 Å². The summed E-state index contributed by atoms with van der Waals surface area (Å²) in [6.45, 7) is 4.53. The molecule has 0 fully saturated rings. The summed E-state index contributed by atoms with van der Waals surface area (Å²) >= 11 is 6.24. The van der Waals surface area contributed by atoms with Crippen LogP contribution in [-0.4, -0.2) is 29.2 Å². The van der Waals surface area contributed by atoms with Crippen LogP contribution in [0.4, 0.5) is 4.39 Å². The van der Waals surface area contributed by atoms with Crippen LogP contribution in [0, 0.1) is 11.7 Å². The normalized spacial score (nSPS) is 16.2. The van der Waals surface area contributed by atoms with E-state index in [9.17, 15) is 9.18 Å². The molecule has 0 unspecified atom stereocenters. The maximum Gasteiger partial charge on any atom is 0.225 e. The molecule has 2 aromatic rings. The van der Waals surface area contributed by atoms with Crippen LogP contribution >= 0.6 is 11.6 Å². The second kappa shape index (κ2) is 8.53. The third-order valence-corrected chi connectivity index (χ3v) is 4.76. The van der Waals surface area contributed by atoms with Crippen LogP contribution in [0.5, 0.6) is 0 Å². The number of hydrogen-bond acceptors (Lipinski definition) is 3. The predicted octanol–water partition coefficient (Wildman–Crippen LogP) is 4.66. The van der Waals surface area contributed by atoms with Crippen molar-refractivity contribution in [3.05, 3.63) is 70.5 Å². The minimum atomic E-state index is -0.294. The van der Waals surface area contributed by atoms with Crippen molar-refractivity contribution in [2.45, 2.75) is 32.9 Å². The van der Waals surface area contributed by atoms with Gasteiger partial charge >= 0.3 is 0 Å². The average molecular weight is 389 g/mol. The van der Waals surface area contributed by atoms with E-state index in [4.69, 9.17) is 16.4 Å². The Morgan fingerprint density at radius 3 is 2.63 bits per heavy atom. The third kappa shape index (κ3) is 4.86. The first-order valence-corrected chi connectivity index (χ1v) is 9.32. The summed E-state index contributed by atoms with van der Waals surface area (Å²) in [5.74, 6) is -0.415. The van der Waals surface area contributed by atoms with Gasteiger partial charge < -0.3 is 9.74 Å². The van der Waals surface area contributed by atoms with Gasteiger partial charge in [-0.2, -0.15) is 0 Å². The van der Waals surface area contributed by atoms with Gasteiger partial charge in [0.2, 0.25) is 5.91 Å². The van der Waals surface area contributed by atoms with Crippen molar-refractivity contribution in [1.29, 1.82) is 0 Å². The zero-order valence-electron chi connectivity index (χ0n) is 15.4. The van der Waals surface area contributed by atoms with E-state index in [-0.39, 0.29) is 23.7 Å². The van der Waals surface area contributed by atoms with Crippen molar-refractivity contribution in [2.24, 2.45) is 11.1 Å². The molecule has 0 saturated carbocycles. The van der Waals surface area contributed by atoms with Gasteiger partial charge in [-0.3, -0.25) is 4.79 Å². The molecule has 2 aromatic carbocycles. The SMILES string of the molecule is CC(C)C(=O)N(Cc1ccc(F)cc1)C[C@H]1CC(c2ccccc2Cl)=NO1. The Hall–Kier alpha value is -2.40. The van der Waals surface area contributed by atoms with Crippen molar-refractivity contribution < 1.29 is 14.0 Å². The molecular formula is C21H22ClFN2O2. The highest BCUT2D eigenvalue weighted by Crippen LogP contribution is 2.24. The minimum Gasteiger partial charge on any atom is -0.390 e. The molecule has 27 heavy (non-hydrogen) atoms. The van der Waals surface area contributed by atoms with E-state index >= 15 is 0 Å². The highest BCUT2D eigenvalue weighted by atomic mass is 35.5. The number of hydrogen-bond donors (Lipinski definition) is 0. The number of carbonyl (C=O) groups is 1. The van der Waals surface area contributed by atoms with Crippen LogP contribution in [0.2, 0.25) is 5.02 Å². The van der Waals surface area contributed by atoms with Gasteiger partial charge in [-0.15, -0.1) is 0 Å². The topological polar surface area (TPSA) is 41.9 Å². The maximum absolute atomic E-state index is 13.1. The molecule has 0 radical (unpaired) electrons. The summed E-state index contributed by atoms with van der Waals surface area (Å²) in [5, 5.41) is 4.80. The Kier molecular flexibility index (Phi) is 6.11. The number of carbonyl (C=O) groups excluding carboxylic acids is 1. The van der Waals surface area contributed by atoms with Crippen LogP contribution in [0.1, 0.15) is 31.4 Å². The van der Waals surface area contributed by atoms with Crippen LogP contribution < -0.4 is 0 Å². The molecule has 1 aliphatic rings. The van der Waals surface area contributed by atoms with E-state index in [0.717, 1.165) is 16.8 Å². The first-order valence-electron chi connectivity index (χ1n) is 8.95. The molecule has 4 nitrogen and oxygen atoms in total. The van der Waals surface area contributed by atoms with Crippen molar-refractivity contribution in [2.75, 3.05) is 6.54 Å². The lowest BCUT2D eigenvalue weighted by molar-refractivity contribution is -0.136. The standard InChI is InChI=1S/C21H22ClFN2O2/c1-14(2)21(26)25(12-15-7-9-16(23)10-8-15)13-17-11-20(24-27-17)18-5-3-4-6-19(18)22/h3-10,14,17H,11-13H2,1-2H3/t17-/m1/s1. The number of halogens is 2. The number of amides is 1. The smallest absolute Gasteiger partial charge is 0.225 e. The molecule has 3 rings (SSSR count). The Morgan fingerprint density at radius 1 is 1.26 bits per heavy atom. The van der Waals surface area contributed by atoms with Gasteiger partial charge in [-0.25, -0.2) is 4.39 Å². The van der Waals surface area contributed by atoms with Gasteiger partial charge in [-0.1, -0.05) is 60.9 Å². The van der Waals surface area contributed by atoms with Gasteiger partial charge in [-0.05, 0) is 23.8 Å². The lowest BCUT2D eigenvalue weighted by atomic mass is 10.0. The Morgan fingerprint density at radius 2 is 1.96 bits per heavy atom. The highest BCUT2D eigenvalue weighted by molar-refractivity contribution is 6.34. The molecule has 0 aromatic heterocycles. The molecule has 0 N–H and O–H groups in total. The molecule has 1 heterocycles. The largest absolute Gasteiger partial charge is 0.390 e. The summed E-state index contributed by atoms with van der Waals surface area (Å²) in [4.78, 5) is 20.0. The van der Waals surface area contributed by atoms with E-state index in [2.05, 4.69) is 5.16 Å². The zero-order valence-corrected chi connectivity index (χ0v) is 16.1. The zero-order chi connectivity index (χ0) is 19.4. The van der Waals surface area contributed by atoms with Crippen LogP contribution in [-0.2, 0) is 16.2 Å². The summed E-state index contributed by atoms with van der Waals surface area (Å²) < 4.78 is 13.1. The van der Waals surface area contributed by atoms with E-state index < -0.39 is 0 Å². The monoisotopic (exact) mass is 388 g/mol. The summed E-state index contributed by atoms with van der Waals surface area (Å²) in [5.41, 5.74) is 2.50. The molecule has 6 heteroatoms. The van der Waals surface area contributed by atoms with E-state index in [1.165, 1.54) is 12.1 Å². The van der Waals surface area contributed by atoms with E-state index in [1.54, 1.807) is 17.0 Å². The van der Waals surface area contributed by atoms with Crippen LogP contribution in [0.25, 0.3) is 0 Å². The Bertz CT molecular complexity index is 836. The average Bonchev–Trinajstić information content (AvgIpc) is 3.11. The van der Waals surface area contributed by atoms with Crippen LogP contribution in [0.3, 0.4) is 0 Å². The number of oxime groups is 1. The molecule has 0 bridgehead atoms. The maximum atomic E-state index is 13.1. The number of rotatable bonds is 6. The first-order chi connectivity index (χ1) is 12.9. The molecule has 1 atom stereocenters. The molecule has 0 saturated heterocycles. The van der Waals surface area contributed by atoms with E-state index in [1.807, 2.05) is 38.1 Å². The fraction of sp³-hybridized carbons (Fsp3) is 0.333. The Balaban J connectivity index is 1.69. The molecular weight excluding hydrogens is 367 g/mol. The highest BCUT2D eigenvalue weighted by Gasteiger charge is 2.28. The molecule has 0 aliphatic carbocycles. The van der Waals surface area contributed by atoms with Gasteiger partial charge in [0.15, 0.2) is 6.10 Å². The molecule has 1 aliphatic heterocycles. The molecule has 1 amide bonds. The predicted molar refractivity (Wildman–Crippen MR) is 104 cm³/mol. The first kappa shape index (κ1) is 19.4. The second-order valence-corrected chi connectivity index (χ2v) is 7.36. The third-order valence-electron chi connectivity index (χ3n) is 4.43. The molecule has 142 valence electrons. The lowest BCUT2D eigenvalue weighted by Crippen LogP contribution is -2.39. The van der Waals surface area contributed by atoms with Gasteiger partial charge in [0.25, 0.3) is 0 Å². The van der Waals surface area contributed by atoms with Crippen molar-refractivity contribution in [3.63, 3.8) is 0 Å². The van der Waals surface area contributed by atoms with Crippen molar-refractivity contribution in [3.8, 4) is 0 Å². The lowest BCUT2D eigenvalue weighted by Gasteiger charge is -2.26. The van der Waals surface area contributed by atoms with Gasteiger partial charge in [0, 0.05) is 29.5 Å². The summed E-state index contributed by atoms with van der Waals surface area (Å²) in [6.07, 6.45) is 0.342. The van der Waals surface area contributed by atoms with Gasteiger partial charge in [0.1, 0.15) is 5.82 Å². The fourth-order valence-corrected chi connectivity index (χ4v) is 3.28. The van der Waals surface area contributed by atoms with E-state index in [0.29, 0.717) is 24.5 Å². The molecule has 0 spiro atoms.